The Hall–Kier alpha value is -3.74. The van der Waals surface area contributed by atoms with Crippen molar-refractivity contribution >= 4 is 16.9 Å². The zero-order valence-electron chi connectivity index (χ0n) is 17.2. The van der Waals surface area contributed by atoms with Crippen LogP contribution < -0.4 is 11.0 Å². The topological polar surface area (TPSA) is 81.8 Å². The third-order valence-electron chi connectivity index (χ3n) is 5.38. The van der Waals surface area contributed by atoms with Crippen molar-refractivity contribution in [2.45, 2.75) is 33.1 Å². The number of aromatic nitrogens is 4. The molecule has 0 aliphatic rings. The summed E-state index contributed by atoms with van der Waals surface area (Å²) in [5, 5.41) is 4.68. The van der Waals surface area contributed by atoms with Gasteiger partial charge in [0.25, 0.3) is 5.56 Å². The molecule has 0 unspecified atom stereocenters. The van der Waals surface area contributed by atoms with Crippen molar-refractivity contribution in [2.75, 3.05) is 5.43 Å². The summed E-state index contributed by atoms with van der Waals surface area (Å²) in [4.78, 5) is 30.1. The van der Waals surface area contributed by atoms with Crippen LogP contribution in [0.15, 0.2) is 65.8 Å². The molecule has 0 bridgehead atoms. The van der Waals surface area contributed by atoms with E-state index in [4.69, 9.17) is 0 Å². The van der Waals surface area contributed by atoms with Crippen molar-refractivity contribution in [1.29, 1.82) is 0 Å². The Labute approximate surface area is 174 Å². The van der Waals surface area contributed by atoms with Gasteiger partial charge in [-0.3, -0.25) is 15.0 Å². The number of fused-ring (bicyclic) bond motifs is 1. The first kappa shape index (κ1) is 19.6. The van der Waals surface area contributed by atoms with Crippen LogP contribution in [0.5, 0.6) is 0 Å². The second-order valence-electron chi connectivity index (χ2n) is 7.33. The Bertz CT molecular complexity index is 1270. The van der Waals surface area contributed by atoms with Gasteiger partial charge in [-0.1, -0.05) is 43.3 Å². The summed E-state index contributed by atoms with van der Waals surface area (Å²) < 4.78 is 2.76. The SMILES string of the molecule is CC[C@H](C(=O)Nn1cnc2c(cnn2-c2ccc(C)c(C)c2)c1=O)c1ccccc1. The zero-order valence-corrected chi connectivity index (χ0v) is 17.2. The lowest BCUT2D eigenvalue weighted by Gasteiger charge is -2.16. The molecule has 1 amide bonds. The lowest BCUT2D eigenvalue weighted by Crippen LogP contribution is -2.35. The van der Waals surface area contributed by atoms with Crippen molar-refractivity contribution in [3.8, 4) is 5.69 Å². The highest BCUT2D eigenvalue weighted by Crippen LogP contribution is 2.20. The second kappa shape index (κ2) is 7.94. The van der Waals surface area contributed by atoms with Gasteiger partial charge in [0.1, 0.15) is 11.7 Å². The van der Waals surface area contributed by atoms with Crippen LogP contribution in [0, 0.1) is 13.8 Å². The van der Waals surface area contributed by atoms with Crippen molar-refractivity contribution < 1.29 is 4.79 Å². The number of aryl methyl sites for hydroxylation is 2. The van der Waals surface area contributed by atoms with Crippen molar-refractivity contribution in [2.24, 2.45) is 0 Å². The molecule has 4 aromatic rings. The molecule has 152 valence electrons. The van der Waals surface area contributed by atoms with Crippen molar-refractivity contribution in [3.05, 3.63) is 88.1 Å². The van der Waals surface area contributed by atoms with Gasteiger partial charge < -0.3 is 0 Å². The fourth-order valence-corrected chi connectivity index (χ4v) is 3.49. The predicted molar refractivity (Wildman–Crippen MR) is 116 cm³/mol. The van der Waals surface area contributed by atoms with Gasteiger partial charge in [-0.25, -0.2) is 14.3 Å². The van der Waals surface area contributed by atoms with E-state index in [-0.39, 0.29) is 17.4 Å². The summed E-state index contributed by atoms with van der Waals surface area (Å²) >= 11 is 0. The Balaban J connectivity index is 1.67. The fourth-order valence-electron chi connectivity index (χ4n) is 3.49. The van der Waals surface area contributed by atoms with E-state index in [0.29, 0.717) is 17.5 Å². The van der Waals surface area contributed by atoms with Crippen LogP contribution in [-0.2, 0) is 4.79 Å². The lowest BCUT2D eigenvalue weighted by atomic mass is 9.96. The first-order valence-electron chi connectivity index (χ1n) is 9.88. The highest BCUT2D eigenvalue weighted by Gasteiger charge is 2.20. The van der Waals surface area contributed by atoms with Gasteiger partial charge in [-0.15, -0.1) is 0 Å². The third-order valence-corrected chi connectivity index (χ3v) is 5.38. The third kappa shape index (κ3) is 3.50. The van der Waals surface area contributed by atoms with Crippen LogP contribution >= 0.6 is 0 Å². The van der Waals surface area contributed by atoms with Crippen LogP contribution in [0.4, 0.5) is 0 Å². The van der Waals surface area contributed by atoms with Gasteiger partial charge in [0.15, 0.2) is 5.65 Å². The van der Waals surface area contributed by atoms with Gasteiger partial charge in [0.2, 0.25) is 5.91 Å². The Morgan fingerprint density at radius 1 is 1.10 bits per heavy atom. The molecule has 2 aromatic heterocycles. The van der Waals surface area contributed by atoms with E-state index in [1.807, 2.05) is 69.3 Å². The van der Waals surface area contributed by atoms with E-state index >= 15 is 0 Å². The molecular weight excluding hydrogens is 378 g/mol. The largest absolute Gasteiger partial charge is 0.283 e. The molecule has 0 aliphatic heterocycles. The molecule has 30 heavy (non-hydrogen) atoms. The highest BCUT2D eigenvalue weighted by atomic mass is 16.2. The molecule has 2 heterocycles. The minimum Gasteiger partial charge on any atom is -0.273 e. The van der Waals surface area contributed by atoms with Gasteiger partial charge >= 0.3 is 0 Å². The number of nitrogens with one attached hydrogen (secondary N) is 1. The number of carbonyl (C=O) groups is 1. The molecular formula is C23H23N5O2. The van der Waals surface area contributed by atoms with Crippen LogP contribution in [0.1, 0.15) is 36.0 Å². The maximum Gasteiger partial charge on any atom is 0.283 e. The summed E-state index contributed by atoms with van der Waals surface area (Å²) in [5.74, 6) is -0.611. The minimum atomic E-state index is -0.369. The van der Waals surface area contributed by atoms with E-state index in [1.165, 1.54) is 18.1 Å². The van der Waals surface area contributed by atoms with E-state index in [2.05, 4.69) is 15.5 Å². The fraction of sp³-hybridized carbons (Fsp3) is 0.217. The lowest BCUT2D eigenvalue weighted by molar-refractivity contribution is -0.118. The molecule has 4 rings (SSSR count). The Morgan fingerprint density at radius 3 is 2.57 bits per heavy atom. The molecule has 1 N–H and O–H groups in total. The van der Waals surface area contributed by atoms with E-state index in [0.717, 1.165) is 21.5 Å². The second-order valence-corrected chi connectivity index (χ2v) is 7.33. The normalized spacial score (nSPS) is 12.1. The Morgan fingerprint density at radius 2 is 1.87 bits per heavy atom. The quantitative estimate of drug-likeness (QED) is 0.555. The molecule has 0 spiro atoms. The van der Waals surface area contributed by atoms with Gasteiger partial charge in [-0.2, -0.15) is 5.10 Å². The first-order valence-corrected chi connectivity index (χ1v) is 9.88. The molecule has 7 heteroatoms. The number of amides is 1. The number of rotatable bonds is 5. The summed E-state index contributed by atoms with van der Waals surface area (Å²) in [6.45, 7) is 6.01. The van der Waals surface area contributed by atoms with E-state index in [9.17, 15) is 9.59 Å². The molecule has 0 saturated carbocycles. The monoisotopic (exact) mass is 401 g/mol. The van der Waals surface area contributed by atoms with E-state index in [1.54, 1.807) is 4.68 Å². The van der Waals surface area contributed by atoms with Crippen molar-refractivity contribution in [3.63, 3.8) is 0 Å². The molecule has 1 atom stereocenters. The number of benzene rings is 2. The minimum absolute atomic E-state index is 0.256. The van der Waals surface area contributed by atoms with E-state index < -0.39 is 0 Å². The molecule has 2 aromatic carbocycles. The van der Waals surface area contributed by atoms with Gasteiger partial charge in [0, 0.05) is 0 Å². The van der Waals surface area contributed by atoms with Gasteiger partial charge in [-0.05, 0) is 49.1 Å². The van der Waals surface area contributed by atoms with Gasteiger partial charge in [0.05, 0.1) is 17.8 Å². The number of hydrogen-bond acceptors (Lipinski definition) is 4. The summed E-state index contributed by atoms with van der Waals surface area (Å²) in [6, 6.07) is 15.5. The van der Waals surface area contributed by atoms with Crippen LogP contribution in [0.2, 0.25) is 0 Å². The van der Waals surface area contributed by atoms with Crippen LogP contribution in [-0.4, -0.2) is 25.3 Å². The Kier molecular flexibility index (Phi) is 5.18. The number of nitrogens with zero attached hydrogens (tertiary/aromatic N) is 4. The predicted octanol–water partition coefficient (Wildman–Crippen LogP) is 3.46. The molecule has 0 radical (unpaired) electrons. The molecule has 0 aliphatic carbocycles. The zero-order chi connectivity index (χ0) is 21.3. The number of hydrogen-bond donors (Lipinski definition) is 1. The standard InChI is InChI=1S/C23H23N5O2/c1-4-19(17-8-6-5-7-9-17)22(29)26-27-14-24-21-20(23(27)30)13-25-28(21)18-11-10-15(2)16(3)12-18/h5-14,19H,4H2,1-3H3,(H,26,29)/t19-/m0/s1. The van der Waals surface area contributed by atoms with Crippen molar-refractivity contribution in [1.82, 2.24) is 19.4 Å². The summed E-state index contributed by atoms with van der Waals surface area (Å²) in [6.07, 6.45) is 3.43. The average Bonchev–Trinajstić information content (AvgIpc) is 3.18. The molecule has 0 fully saturated rings. The first-order chi connectivity index (χ1) is 14.5. The molecule has 0 saturated heterocycles. The average molecular weight is 401 g/mol. The summed E-state index contributed by atoms with van der Waals surface area (Å²) in [5.41, 5.74) is 6.80. The van der Waals surface area contributed by atoms with Crippen LogP contribution in [0.25, 0.3) is 16.7 Å². The smallest absolute Gasteiger partial charge is 0.273 e. The maximum absolute atomic E-state index is 12.9. The number of carbonyl (C=O) groups excluding carboxylic acids is 1. The maximum atomic E-state index is 12.9. The highest BCUT2D eigenvalue weighted by molar-refractivity contribution is 5.90. The molecule has 7 nitrogen and oxygen atoms in total. The van der Waals surface area contributed by atoms with Crippen LogP contribution in [0.3, 0.4) is 0 Å². The summed E-state index contributed by atoms with van der Waals surface area (Å²) in [7, 11) is 0.